The van der Waals surface area contributed by atoms with Crippen molar-refractivity contribution in [2.45, 2.75) is 27.3 Å². The molecule has 0 saturated heterocycles. The minimum absolute atomic E-state index is 0.0182. The van der Waals surface area contributed by atoms with Crippen molar-refractivity contribution in [3.8, 4) is 0 Å². The van der Waals surface area contributed by atoms with Crippen LogP contribution in [0, 0.1) is 5.41 Å². The molecule has 0 saturated carbocycles. The van der Waals surface area contributed by atoms with E-state index in [-0.39, 0.29) is 5.41 Å². The van der Waals surface area contributed by atoms with Gasteiger partial charge in [0.2, 0.25) is 0 Å². The summed E-state index contributed by atoms with van der Waals surface area (Å²) in [5.74, 6) is -0.830. The molecule has 0 atom stereocenters. The molecule has 4 aromatic rings. The van der Waals surface area contributed by atoms with Gasteiger partial charge in [0.05, 0.1) is 15.7 Å². The molecule has 0 aliphatic heterocycles. The second-order valence-electron chi connectivity index (χ2n) is 8.75. The van der Waals surface area contributed by atoms with Crippen molar-refractivity contribution >= 4 is 44.5 Å². The number of rotatable bonds is 4. The lowest BCUT2D eigenvalue weighted by atomic mass is 9.97. The third kappa shape index (κ3) is 4.34. The molecular formula is C25H23BrN4O2. The number of amides is 2. The van der Waals surface area contributed by atoms with Gasteiger partial charge in [-0.15, -0.1) is 5.10 Å². The van der Waals surface area contributed by atoms with Gasteiger partial charge in [-0.1, -0.05) is 62.4 Å². The molecule has 0 unspecified atom stereocenters. The number of fused-ring (bicyclic) bond motifs is 1. The van der Waals surface area contributed by atoms with Crippen molar-refractivity contribution in [2.75, 3.05) is 4.90 Å². The maximum Gasteiger partial charge on any atom is 0.265 e. The topological polar surface area (TPSA) is 68.1 Å². The first-order chi connectivity index (χ1) is 15.3. The van der Waals surface area contributed by atoms with Gasteiger partial charge in [-0.2, -0.15) is 0 Å². The molecule has 1 heterocycles. The normalized spacial score (nSPS) is 11.5. The monoisotopic (exact) mass is 490 g/mol. The smallest absolute Gasteiger partial charge is 0.265 e. The molecule has 0 fully saturated rings. The number of imide groups is 1. The van der Waals surface area contributed by atoms with E-state index in [0.717, 1.165) is 5.52 Å². The number of nitrogens with zero attached hydrogens (tertiary/aromatic N) is 4. The van der Waals surface area contributed by atoms with E-state index in [0.29, 0.717) is 33.3 Å². The summed E-state index contributed by atoms with van der Waals surface area (Å²) in [6, 6.07) is 21.1. The number of hydrogen-bond acceptors (Lipinski definition) is 4. The summed E-state index contributed by atoms with van der Waals surface area (Å²) in [7, 11) is 0. The predicted molar refractivity (Wildman–Crippen MR) is 129 cm³/mol. The molecule has 32 heavy (non-hydrogen) atoms. The molecule has 3 aromatic carbocycles. The highest BCUT2D eigenvalue weighted by atomic mass is 79.9. The molecule has 0 N–H and O–H groups in total. The fourth-order valence-electron chi connectivity index (χ4n) is 3.46. The molecular weight excluding hydrogens is 468 g/mol. The molecule has 2 amide bonds. The van der Waals surface area contributed by atoms with Crippen molar-refractivity contribution in [1.82, 2.24) is 15.0 Å². The van der Waals surface area contributed by atoms with Gasteiger partial charge in [0.15, 0.2) is 0 Å². The first-order valence-electron chi connectivity index (χ1n) is 10.3. The van der Waals surface area contributed by atoms with Crippen LogP contribution in [0.2, 0.25) is 0 Å². The summed E-state index contributed by atoms with van der Waals surface area (Å²) >= 11 is 3.60. The summed E-state index contributed by atoms with van der Waals surface area (Å²) < 4.78 is 2.38. The lowest BCUT2D eigenvalue weighted by Gasteiger charge is -2.23. The average molecular weight is 491 g/mol. The third-order valence-electron chi connectivity index (χ3n) is 4.92. The van der Waals surface area contributed by atoms with Gasteiger partial charge < -0.3 is 0 Å². The van der Waals surface area contributed by atoms with Crippen molar-refractivity contribution in [1.29, 1.82) is 0 Å². The number of carbonyl (C=O) groups is 2. The van der Waals surface area contributed by atoms with Crippen LogP contribution in [0.5, 0.6) is 0 Å². The Bertz CT molecular complexity index is 1230. The quantitative estimate of drug-likeness (QED) is 0.342. The van der Waals surface area contributed by atoms with E-state index in [1.807, 2.05) is 22.9 Å². The summed E-state index contributed by atoms with van der Waals surface area (Å²) in [4.78, 5) is 28.2. The Morgan fingerprint density at radius 2 is 1.41 bits per heavy atom. The van der Waals surface area contributed by atoms with Gasteiger partial charge in [0.1, 0.15) is 5.52 Å². The van der Waals surface area contributed by atoms with Crippen molar-refractivity contribution < 1.29 is 9.59 Å². The highest BCUT2D eigenvalue weighted by molar-refractivity contribution is 9.10. The zero-order chi connectivity index (χ0) is 22.9. The molecule has 6 nitrogen and oxygen atoms in total. The Kier molecular flexibility index (Phi) is 5.93. The average Bonchev–Trinajstić information content (AvgIpc) is 3.18. The second kappa shape index (κ2) is 8.67. The Labute approximate surface area is 195 Å². The lowest BCUT2D eigenvalue weighted by molar-refractivity contribution is 0.0897. The van der Waals surface area contributed by atoms with E-state index in [9.17, 15) is 9.59 Å². The van der Waals surface area contributed by atoms with Crippen LogP contribution in [-0.2, 0) is 6.54 Å². The van der Waals surface area contributed by atoms with E-state index < -0.39 is 11.8 Å². The number of benzene rings is 3. The predicted octanol–water partition coefficient (Wildman–Crippen LogP) is 5.73. The first-order valence-corrected chi connectivity index (χ1v) is 11.1. The van der Waals surface area contributed by atoms with E-state index in [4.69, 9.17) is 0 Å². The zero-order valence-corrected chi connectivity index (χ0v) is 19.7. The molecule has 7 heteroatoms. The Morgan fingerprint density at radius 3 is 1.91 bits per heavy atom. The molecule has 1 aromatic heterocycles. The minimum atomic E-state index is -0.415. The second-order valence-corrected chi connectivity index (χ2v) is 9.54. The minimum Gasteiger partial charge on any atom is -0.268 e. The summed E-state index contributed by atoms with van der Waals surface area (Å²) in [6.45, 7) is 7.07. The van der Waals surface area contributed by atoms with E-state index in [1.165, 1.54) is 4.90 Å². The SMILES string of the molecule is CC(C)(C)Cn1nnc2c(Br)c(N(C(=O)c3ccccc3)C(=O)c3ccccc3)ccc21. The van der Waals surface area contributed by atoms with Gasteiger partial charge in [-0.05, 0) is 57.7 Å². The first kappa shape index (κ1) is 21.9. The van der Waals surface area contributed by atoms with E-state index in [2.05, 4.69) is 47.0 Å². The van der Waals surface area contributed by atoms with E-state index in [1.54, 1.807) is 54.6 Å². The van der Waals surface area contributed by atoms with Crippen LogP contribution in [0.1, 0.15) is 41.5 Å². The highest BCUT2D eigenvalue weighted by Crippen LogP contribution is 2.35. The van der Waals surface area contributed by atoms with Crippen LogP contribution in [-0.4, -0.2) is 26.8 Å². The van der Waals surface area contributed by atoms with Crippen LogP contribution in [0.25, 0.3) is 11.0 Å². The van der Waals surface area contributed by atoms with Crippen LogP contribution < -0.4 is 4.90 Å². The van der Waals surface area contributed by atoms with Gasteiger partial charge in [0.25, 0.3) is 11.8 Å². The zero-order valence-electron chi connectivity index (χ0n) is 18.1. The molecule has 4 rings (SSSR count). The Morgan fingerprint density at radius 1 is 0.875 bits per heavy atom. The van der Waals surface area contributed by atoms with Gasteiger partial charge >= 0.3 is 0 Å². The summed E-state index contributed by atoms with van der Waals surface area (Å²) in [5, 5.41) is 8.62. The molecule has 0 spiro atoms. The molecule has 0 aliphatic carbocycles. The molecule has 0 radical (unpaired) electrons. The van der Waals surface area contributed by atoms with Gasteiger partial charge in [0, 0.05) is 17.7 Å². The number of anilines is 1. The molecule has 0 aliphatic rings. The summed E-state index contributed by atoms with van der Waals surface area (Å²) in [6.07, 6.45) is 0. The maximum absolute atomic E-state index is 13.5. The van der Waals surface area contributed by atoms with Crippen LogP contribution in [0.3, 0.4) is 0 Å². The number of aromatic nitrogens is 3. The standard InChI is InChI=1S/C25H23BrN4O2/c1-25(2,3)16-29-20-15-14-19(21(26)22(20)27-28-29)30(23(31)17-10-6-4-7-11-17)24(32)18-12-8-5-9-13-18/h4-15H,16H2,1-3H3. The van der Waals surface area contributed by atoms with Crippen molar-refractivity contribution in [3.05, 3.63) is 88.4 Å². The largest absolute Gasteiger partial charge is 0.268 e. The highest BCUT2D eigenvalue weighted by Gasteiger charge is 2.29. The number of carbonyl (C=O) groups excluding carboxylic acids is 2. The Hall–Kier alpha value is -3.32. The third-order valence-corrected chi connectivity index (χ3v) is 5.70. The van der Waals surface area contributed by atoms with Crippen LogP contribution in [0.4, 0.5) is 5.69 Å². The van der Waals surface area contributed by atoms with Crippen LogP contribution in [0.15, 0.2) is 77.3 Å². The van der Waals surface area contributed by atoms with Crippen molar-refractivity contribution in [3.63, 3.8) is 0 Å². The fourth-order valence-corrected chi connectivity index (χ4v) is 4.06. The molecule has 162 valence electrons. The van der Waals surface area contributed by atoms with Crippen molar-refractivity contribution in [2.24, 2.45) is 5.41 Å². The van der Waals surface area contributed by atoms with Gasteiger partial charge in [-0.25, -0.2) is 9.58 Å². The lowest BCUT2D eigenvalue weighted by Crippen LogP contribution is -2.37. The fraction of sp³-hybridized carbons (Fsp3) is 0.200. The van der Waals surface area contributed by atoms with Gasteiger partial charge in [-0.3, -0.25) is 9.59 Å². The number of halogens is 1. The summed E-state index contributed by atoms with van der Waals surface area (Å²) in [5.41, 5.74) is 2.70. The van der Waals surface area contributed by atoms with E-state index >= 15 is 0 Å². The maximum atomic E-state index is 13.5. The Balaban J connectivity index is 1.85. The number of hydrogen-bond donors (Lipinski definition) is 0. The molecule has 0 bridgehead atoms. The van der Waals surface area contributed by atoms with Crippen LogP contribution >= 0.6 is 15.9 Å².